The summed E-state index contributed by atoms with van der Waals surface area (Å²) < 4.78 is 18.2. The molecule has 0 spiro atoms. The van der Waals surface area contributed by atoms with Gasteiger partial charge in [-0.2, -0.15) is 4.98 Å². The van der Waals surface area contributed by atoms with E-state index in [1.165, 1.54) is 30.0 Å². The Morgan fingerprint density at radius 3 is 2.56 bits per heavy atom. The first-order valence-corrected chi connectivity index (χ1v) is 9.04. The number of halogens is 1. The molecule has 0 aliphatic carbocycles. The maximum absolute atomic E-state index is 13.0. The van der Waals surface area contributed by atoms with Crippen molar-refractivity contribution in [1.29, 1.82) is 0 Å². The number of nitrogens with one attached hydrogen (secondary N) is 1. The summed E-state index contributed by atoms with van der Waals surface area (Å²) in [7, 11) is 0. The predicted molar refractivity (Wildman–Crippen MR) is 99.5 cm³/mol. The number of H-pyrrole nitrogens is 1. The molecule has 0 saturated heterocycles. The van der Waals surface area contributed by atoms with E-state index >= 15 is 0 Å². The fourth-order valence-electron chi connectivity index (χ4n) is 2.42. The molecule has 0 saturated carbocycles. The number of nitrogens with zero attached hydrogens (tertiary/aromatic N) is 3. The van der Waals surface area contributed by atoms with Crippen molar-refractivity contribution in [1.82, 2.24) is 20.1 Å². The second-order valence-corrected chi connectivity index (χ2v) is 6.57. The van der Waals surface area contributed by atoms with E-state index in [9.17, 15) is 9.18 Å². The Balaban J connectivity index is 1.50. The van der Waals surface area contributed by atoms with Crippen LogP contribution in [0.1, 0.15) is 5.89 Å². The Morgan fingerprint density at radius 2 is 1.78 bits per heavy atom. The van der Waals surface area contributed by atoms with Crippen LogP contribution in [-0.2, 0) is 5.75 Å². The van der Waals surface area contributed by atoms with Crippen LogP contribution in [-0.4, -0.2) is 20.1 Å². The first-order valence-electron chi connectivity index (χ1n) is 8.05. The van der Waals surface area contributed by atoms with Crippen molar-refractivity contribution in [2.24, 2.45) is 0 Å². The Labute approximate surface area is 157 Å². The highest BCUT2D eigenvalue weighted by atomic mass is 32.2. The van der Waals surface area contributed by atoms with Crippen LogP contribution in [0.15, 0.2) is 75.1 Å². The fourth-order valence-corrected chi connectivity index (χ4v) is 3.13. The normalized spacial score (nSPS) is 10.9. The molecule has 2 heterocycles. The van der Waals surface area contributed by atoms with Crippen LogP contribution in [0.2, 0.25) is 0 Å². The molecule has 134 valence electrons. The van der Waals surface area contributed by atoms with Gasteiger partial charge in [0.2, 0.25) is 11.7 Å². The Morgan fingerprint density at radius 1 is 1.00 bits per heavy atom. The molecular formula is C19H13FN4O2S. The van der Waals surface area contributed by atoms with E-state index in [0.29, 0.717) is 33.9 Å². The molecule has 0 unspecified atom stereocenters. The maximum atomic E-state index is 13.0. The number of thioether (sulfide) groups is 1. The third-order valence-corrected chi connectivity index (χ3v) is 4.55. The highest BCUT2D eigenvalue weighted by molar-refractivity contribution is 7.98. The minimum absolute atomic E-state index is 0.233. The molecule has 4 aromatic rings. The van der Waals surface area contributed by atoms with E-state index < -0.39 is 0 Å². The predicted octanol–water partition coefficient (Wildman–Crippen LogP) is 3.92. The monoisotopic (exact) mass is 380 g/mol. The lowest BCUT2D eigenvalue weighted by atomic mass is 10.1. The highest BCUT2D eigenvalue weighted by Gasteiger charge is 2.11. The molecule has 0 fully saturated rings. The smallest absolute Gasteiger partial charge is 0.252 e. The van der Waals surface area contributed by atoms with Gasteiger partial charge < -0.3 is 9.51 Å². The number of benzene rings is 2. The molecule has 4 rings (SSSR count). The molecule has 0 aliphatic heterocycles. The van der Waals surface area contributed by atoms with Crippen molar-refractivity contribution < 1.29 is 8.91 Å². The third kappa shape index (κ3) is 4.12. The number of rotatable bonds is 5. The summed E-state index contributed by atoms with van der Waals surface area (Å²) >= 11 is 1.28. The summed E-state index contributed by atoms with van der Waals surface area (Å²) in [5.41, 5.74) is 1.89. The second-order valence-electron chi connectivity index (χ2n) is 5.61. The van der Waals surface area contributed by atoms with Gasteiger partial charge in [0.15, 0.2) is 5.16 Å². The SMILES string of the molecule is O=c1cc(-c2ccccc2)nc(SCc2nc(-c3ccc(F)cc3)no2)[nH]1. The largest absolute Gasteiger partial charge is 0.338 e. The third-order valence-electron chi connectivity index (χ3n) is 3.69. The molecule has 0 bridgehead atoms. The lowest BCUT2D eigenvalue weighted by Crippen LogP contribution is -2.08. The zero-order valence-electron chi connectivity index (χ0n) is 13.9. The quantitative estimate of drug-likeness (QED) is 0.417. The van der Waals surface area contributed by atoms with Gasteiger partial charge in [0.1, 0.15) is 5.82 Å². The van der Waals surface area contributed by atoms with Crippen LogP contribution < -0.4 is 5.56 Å². The van der Waals surface area contributed by atoms with Gasteiger partial charge in [-0.05, 0) is 24.3 Å². The zero-order chi connectivity index (χ0) is 18.6. The number of aromatic nitrogens is 4. The molecule has 0 amide bonds. The summed E-state index contributed by atoms with van der Waals surface area (Å²) in [6, 6.07) is 16.8. The number of hydrogen-bond acceptors (Lipinski definition) is 6. The van der Waals surface area contributed by atoms with Gasteiger partial charge in [0.05, 0.1) is 11.4 Å². The van der Waals surface area contributed by atoms with E-state index in [1.807, 2.05) is 30.3 Å². The van der Waals surface area contributed by atoms with Crippen LogP contribution in [0.5, 0.6) is 0 Å². The second kappa shape index (κ2) is 7.55. The van der Waals surface area contributed by atoms with Crippen LogP contribution in [0, 0.1) is 5.82 Å². The van der Waals surface area contributed by atoms with E-state index in [0.717, 1.165) is 5.56 Å². The molecule has 0 radical (unpaired) electrons. The van der Waals surface area contributed by atoms with Crippen molar-refractivity contribution in [2.75, 3.05) is 0 Å². The summed E-state index contributed by atoms with van der Waals surface area (Å²) in [5.74, 6) is 0.776. The van der Waals surface area contributed by atoms with Gasteiger partial charge in [-0.15, -0.1) is 0 Å². The van der Waals surface area contributed by atoms with Crippen LogP contribution >= 0.6 is 11.8 Å². The van der Waals surface area contributed by atoms with Gasteiger partial charge in [-0.1, -0.05) is 47.3 Å². The first-order chi connectivity index (χ1) is 13.2. The van der Waals surface area contributed by atoms with Crippen molar-refractivity contribution >= 4 is 11.8 Å². The average molecular weight is 380 g/mol. The van der Waals surface area contributed by atoms with E-state index in [1.54, 1.807) is 12.1 Å². The summed E-state index contributed by atoms with van der Waals surface area (Å²) in [5, 5.41) is 4.36. The Kier molecular flexibility index (Phi) is 4.80. The maximum Gasteiger partial charge on any atom is 0.252 e. The summed E-state index contributed by atoms with van der Waals surface area (Å²) in [6.07, 6.45) is 0. The van der Waals surface area contributed by atoms with Gasteiger partial charge in [0, 0.05) is 17.2 Å². The first kappa shape index (κ1) is 17.2. The zero-order valence-corrected chi connectivity index (χ0v) is 14.7. The van der Waals surface area contributed by atoms with E-state index in [-0.39, 0.29) is 11.4 Å². The fraction of sp³-hybridized carbons (Fsp3) is 0.0526. The number of hydrogen-bond donors (Lipinski definition) is 1. The standard InChI is InChI=1S/C19H13FN4O2S/c20-14-8-6-13(7-9-14)18-23-17(26-24-18)11-27-19-21-15(10-16(25)22-19)12-4-2-1-3-5-12/h1-10H,11H2,(H,21,22,25). The van der Waals surface area contributed by atoms with Gasteiger partial charge >= 0.3 is 0 Å². The van der Waals surface area contributed by atoms with Gasteiger partial charge in [-0.3, -0.25) is 4.79 Å². The van der Waals surface area contributed by atoms with Crippen LogP contribution in [0.4, 0.5) is 4.39 Å². The highest BCUT2D eigenvalue weighted by Crippen LogP contribution is 2.23. The number of aromatic amines is 1. The Bertz CT molecular complexity index is 1110. The van der Waals surface area contributed by atoms with Crippen molar-refractivity contribution in [3.8, 4) is 22.6 Å². The lowest BCUT2D eigenvalue weighted by Gasteiger charge is -2.03. The molecule has 2 aromatic carbocycles. The lowest BCUT2D eigenvalue weighted by molar-refractivity contribution is 0.391. The summed E-state index contributed by atoms with van der Waals surface area (Å²) in [4.78, 5) is 23.4. The molecular weight excluding hydrogens is 367 g/mol. The molecule has 2 aromatic heterocycles. The minimum atomic E-state index is -0.327. The van der Waals surface area contributed by atoms with Gasteiger partial charge in [-0.25, -0.2) is 9.37 Å². The molecule has 27 heavy (non-hydrogen) atoms. The van der Waals surface area contributed by atoms with Crippen LogP contribution in [0.3, 0.4) is 0 Å². The van der Waals surface area contributed by atoms with E-state index in [2.05, 4.69) is 20.1 Å². The average Bonchev–Trinajstić information content (AvgIpc) is 3.16. The summed E-state index contributed by atoms with van der Waals surface area (Å²) in [6.45, 7) is 0. The van der Waals surface area contributed by atoms with Crippen molar-refractivity contribution in [3.05, 3.63) is 82.7 Å². The molecule has 0 aliphatic rings. The topological polar surface area (TPSA) is 84.7 Å². The minimum Gasteiger partial charge on any atom is -0.338 e. The van der Waals surface area contributed by atoms with E-state index in [4.69, 9.17) is 4.52 Å². The Hall–Kier alpha value is -3.26. The van der Waals surface area contributed by atoms with Gasteiger partial charge in [0.25, 0.3) is 5.56 Å². The van der Waals surface area contributed by atoms with Crippen molar-refractivity contribution in [3.63, 3.8) is 0 Å². The molecule has 6 nitrogen and oxygen atoms in total. The van der Waals surface area contributed by atoms with Crippen LogP contribution in [0.25, 0.3) is 22.6 Å². The molecule has 0 atom stereocenters. The molecule has 8 heteroatoms. The molecule has 1 N–H and O–H groups in total. The van der Waals surface area contributed by atoms with Crippen molar-refractivity contribution in [2.45, 2.75) is 10.9 Å².